The maximum absolute atomic E-state index is 13.0. The predicted molar refractivity (Wildman–Crippen MR) is 122 cm³/mol. The van der Waals surface area contributed by atoms with Gasteiger partial charge >= 0.3 is 0 Å². The number of carbonyl (C=O) groups excluding carboxylic acids is 2. The van der Waals surface area contributed by atoms with Gasteiger partial charge in [0.05, 0.1) is 0 Å². The molecule has 1 aliphatic heterocycles. The monoisotopic (exact) mass is 460 g/mol. The Balaban J connectivity index is 1.60. The fourth-order valence-electron chi connectivity index (χ4n) is 4.08. The van der Waals surface area contributed by atoms with Crippen LogP contribution in [-0.2, 0) is 28.4 Å². The van der Waals surface area contributed by atoms with Gasteiger partial charge in [-0.3, -0.25) is 9.59 Å². The fraction of sp³-hybridized carbons (Fsp3) is 0.478. The number of aromatic nitrogens is 1. The van der Waals surface area contributed by atoms with Gasteiger partial charge in [0.15, 0.2) is 0 Å². The van der Waals surface area contributed by atoms with Gasteiger partial charge in [-0.15, -0.1) is 0 Å². The number of carbonyl (C=O) groups is 2. The number of rotatable bonds is 7. The first-order valence-electron chi connectivity index (χ1n) is 10.8. The van der Waals surface area contributed by atoms with Crippen LogP contribution in [-0.4, -0.2) is 54.1 Å². The summed E-state index contributed by atoms with van der Waals surface area (Å²) in [4.78, 5) is 26.1. The summed E-state index contributed by atoms with van der Waals surface area (Å²) >= 11 is 0. The van der Waals surface area contributed by atoms with E-state index in [0.29, 0.717) is 25.3 Å². The van der Waals surface area contributed by atoms with E-state index in [1.807, 2.05) is 0 Å². The number of amides is 2. The summed E-state index contributed by atoms with van der Waals surface area (Å²) < 4.78 is 28.7. The van der Waals surface area contributed by atoms with E-state index in [0.717, 1.165) is 5.56 Å². The zero-order valence-electron chi connectivity index (χ0n) is 19.1. The minimum absolute atomic E-state index is 0.0331. The Bertz CT molecular complexity index is 1080. The molecule has 0 aliphatic carbocycles. The molecule has 0 saturated carbocycles. The predicted octanol–water partition coefficient (Wildman–Crippen LogP) is 2.31. The maximum atomic E-state index is 13.0. The largest absolute Gasteiger partial charge is 0.364 e. The van der Waals surface area contributed by atoms with E-state index in [1.54, 1.807) is 19.0 Å². The van der Waals surface area contributed by atoms with Crippen molar-refractivity contribution in [1.29, 1.82) is 0 Å². The van der Waals surface area contributed by atoms with Crippen molar-refractivity contribution in [2.45, 2.75) is 44.0 Å². The first-order chi connectivity index (χ1) is 15.0. The third-order valence-corrected chi connectivity index (χ3v) is 7.98. The van der Waals surface area contributed by atoms with Crippen molar-refractivity contribution in [2.75, 3.05) is 20.1 Å². The molecule has 174 valence electrons. The standard InChI is InChI=1S/C23H32N4O4S/c1-16(2)18-7-5-17(6-8-18)14-26(4)23(29)19-9-11-27(12-10-19)32(30,31)20-13-21(22(24)28)25(3)15-20/h5-8,13,15-16,19H,9-12,14H2,1-4H3,(H2,24,28). The molecule has 0 unspecified atom stereocenters. The van der Waals surface area contributed by atoms with Crippen LogP contribution in [0, 0.1) is 5.92 Å². The Morgan fingerprint density at radius 3 is 2.25 bits per heavy atom. The summed E-state index contributed by atoms with van der Waals surface area (Å²) in [6.45, 7) is 5.33. The normalized spacial score (nSPS) is 15.8. The van der Waals surface area contributed by atoms with Crippen molar-refractivity contribution >= 4 is 21.8 Å². The van der Waals surface area contributed by atoms with Crippen LogP contribution in [0.3, 0.4) is 0 Å². The van der Waals surface area contributed by atoms with Gasteiger partial charge < -0.3 is 15.2 Å². The summed E-state index contributed by atoms with van der Waals surface area (Å²) in [5.74, 6) is -0.396. The summed E-state index contributed by atoms with van der Waals surface area (Å²) in [6.07, 6.45) is 2.32. The van der Waals surface area contributed by atoms with Gasteiger partial charge in [0.1, 0.15) is 10.6 Å². The Morgan fingerprint density at radius 2 is 1.75 bits per heavy atom. The molecular formula is C23H32N4O4S. The SMILES string of the molecule is CC(C)c1ccc(CN(C)C(=O)C2CCN(S(=O)(=O)c3cc(C(N)=O)n(C)c3)CC2)cc1. The zero-order valence-corrected chi connectivity index (χ0v) is 19.9. The molecular weight excluding hydrogens is 428 g/mol. The summed E-state index contributed by atoms with van der Waals surface area (Å²) in [6, 6.07) is 9.58. The number of piperidine rings is 1. The minimum Gasteiger partial charge on any atom is -0.364 e. The fourth-order valence-corrected chi connectivity index (χ4v) is 5.63. The minimum atomic E-state index is -3.75. The number of hydrogen-bond donors (Lipinski definition) is 1. The Morgan fingerprint density at radius 1 is 1.16 bits per heavy atom. The molecule has 0 spiro atoms. The van der Waals surface area contributed by atoms with Crippen molar-refractivity contribution in [2.24, 2.45) is 18.7 Å². The number of nitrogens with zero attached hydrogens (tertiary/aromatic N) is 3. The van der Waals surface area contributed by atoms with E-state index in [1.165, 1.54) is 26.7 Å². The van der Waals surface area contributed by atoms with Crippen LogP contribution in [0.1, 0.15) is 54.2 Å². The topological polar surface area (TPSA) is 106 Å². The molecule has 0 atom stereocenters. The molecule has 0 bridgehead atoms. The molecule has 1 aliphatic rings. The number of benzene rings is 1. The van der Waals surface area contributed by atoms with Crippen molar-refractivity contribution < 1.29 is 18.0 Å². The van der Waals surface area contributed by atoms with Gasteiger partial charge in [0, 0.05) is 45.8 Å². The lowest BCUT2D eigenvalue weighted by Crippen LogP contribution is -2.43. The molecule has 2 heterocycles. The van der Waals surface area contributed by atoms with Crippen LogP contribution >= 0.6 is 0 Å². The highest BCUT2D eigenvalue weighted by Crippen LogP contribution is 2.26. The van der Waals surface area contributed by atoms with Gasteiger partial charge in [0.2, 0.25) is 15.9 Å². The van der Waals surface area contributed by atoms with E-state index < -0.39 is 15.9 Å². The van der Waals surface area contributed by atoms with Gasteiger partial charge in [-0.25, -0.2) is 8.42 Å². The summed E-state index contributed by atoms with van der Waals surface area (Å²) in [5, 5.41) is 0. The molecule has 1 fully saturated rings. The summed E-state index contributed by atoms with van der Waals surface area (Å²) in [5.41, 5.74) is 7.76. The third kappa shape index (κ3) is 5.05. The van der Waals surface area contributed by atoms with Crippen molar-refractivity contribution in [3.05, 3.63) is 53.3 Å². The highest BCUT2D eigenvalue weighted by molar-refractivity contribution is 7.89. The summed E-state index contributed by atoms with van der Waals surface area (Å²) in [7, 11) is -0.378. The molecule has 2 aromatic rings. The molecule has 8 nitrogen and oxygen atoms in total. The van der Waals surface area contributed by atoms with Gasteiger partial charge in [-0.05, 0) is 36.0 Å². The highest BCUT2D eigenvalue weighted by Gasteiger charge is 2.34. The van der Waals surface area contributed by atoms with Crippen molar-refractivity contribution in [1.82, 2.24) is 13.8 Å². The van der Waals surface area contributed by atoms with Crippen LogP contribution in [0.2, 0.25) is 0 Å². The number of hydrogen-bond acceptors (Lipinski definition) is 4. The van der Waals surface area contributed by atoms with E-state index in [2.05, 4.69) is 38.1 Å². The van der Waals surface area contributed by atoms with Crippen LogP contribution in [0.5, 0.6) is 0 Å². The number of aryl methyl sites for hydroxylation is 1. The molecule has 3 rings (SSSR count). The van der Waals surface area contributed by atoms with E-state index >= 15 is 0 Å². The number of nitrogens with two attached hydrogens (primary N) is 1. The molecule has 9 heteroatoms. The van der Waals surface area contributed by atoms with Crippen molar-refractivity contribution in [3.8, 4) is 0 Å². The quantitative estimate of drug-likeness (QED) is 0.684. The smallest absolute Gasteiger partial charge is 0.265 e. The van der Waals surface area contributed by atoms with Gasteiger partial charge in [-0.1, -0.05) is 38.1 Å². The first-order valence-corrected chi connectivity index (χ1v) is 12.2. The highest BCUT2D eigenvalue weighted by atomic mass is 32.2. The molecule has 2 amide bonds. The maximum Gasteiger partial charge on any atom is 0.265 e. The van der Waals surface area contributed by atoms with Crippen LogP contribution in [0.4, 0.5) is 0 Å². The lowest BCUT2D eigenvalue weighted by molar-refractivity contribution is -0.135. The van der Waals surface area contributed by atoms with E-state index in [4.69, 9.17) is 5.73 Å². The van der Waals surface area contributed by atoms with E-state index in [9.17, 15) is 18.0 Å². The molecule has 1 aromatic carbocycles. The second kappa shape index (κ2) is 9.46. The zero-order chi connectivity index (χ0) is 23.6. The Hall–Kier alpha value is -2.65. The second-order valence-electron chi connectivity index (χ2n) is 8.81. The molecule has 1 aromatic heterocycles. The van der Waals surface area contributed by atoms with Crippen LogP contribution < -0.4 is 5.73 Å². The molecule has 1 saturated heterocycles. The third-order valence-electron chi connectivity index (χ3n) is 6.12. The molecule has 2 N–H and O–H groups in total. The average molecular weight is 461 g/mol. The Labute approximate surface area is 190 Å². The van der Waals surface area contributed by atoms with E-state index in [-0.39, 0.29) is 35.5 Å². The Kier molecular flexibility index (Phi) is 7.09. The van der Waals surface area contributed by atoms with Crippen molar-refractivity contribution in [3.63, 3.8) is 0 Å². The molecule has 0 radical (unpaired) electrons. The molecule has 32 heavy (non-hydrogen) atoms. The average Bonchev–Trinajstić information content (AvgIpc) is 3.16. The van der Waals surface area contributed by atoms with Gasteiger partial charge in [-0.2, -0.15) is 4.31 Å². The van der Waals surface area contributed by atoms with Gasteiger partial charge in [0.25, 0.3) is 5.91 Å². The lowest BCUT2D eigenvalue weighted by Gasteiger charge is -2.32. The van der Waals surface area contributed by atoms with Crippen LogP contribution in [0.15, 0.2) is 41.4 Å². The first kappa shape index (κ1) is 24.0. The lowest BCUT2D eigenvalue weighted by atomic mass is 9.96. The van der Waals surface area contributed by atoms with Crippen LogP contribution in [0.25, 0.3) is 0 Å². The number of primary amides is 1. The number of sulfonamides is 1. The second-order valence-corrected chi connectivity index (χ2v) is 10.7.